The molecule has 0 fully saturated rings. The van der Waals surface area contributed by atoms with E-state index in [1.807, 2.05) is 30.3 Å². The van der Waals surface area contributed by atoms with Gasteiger partial charge in [-0.3, -0.25) is 0 Å². The van der Waals surface area contributed by atoms with Gasteiger partial charge < -0.3 is 0 Å². The summed E-state index contributed by atoms with van der Waals surface area (Å²) in [5.41, 5.74) is 2.94. The minimum atomic E-state index is -0.208. The molecule has 108 valence electrons. The van der Waals surface area contributed by atoms with E-state index < -0.39 is 0 Å². The molecule has 0 radical (unpaired) electrons. The summed E-state index contributed by atoms with van der Waals surface area (Å²) >= 11 is 1.60. The van der Waals surface area contributed by atoms with Gasteiger partial charge in [0, 0.05) is 0 Å². The van der Waals surface area contributed by atoms with Crippen molar-refractivity contribution in [1.82, 2.24) is 0 Å². The molecular formula is C14H13N3O2SSe. The van der Waals surface area contributed by atoms with Crippen molar-refractivity contribution in [2.45, 2.75) is 13.0 Å². The molecule has 1 aliphatic rings. The molecule has 2 heterocycles. The summed E-state index contributed by atoms with van der Waals surface area (Å²) in [7, 11) is 1.41. The third kappa shape index (κ3) is 3.32. The van der Waals surface area contributed by atoms with Crippen molar-refractivity contribution < 1.29 is 9.53 Å². The Bertz CT molecular complexity index is 750. The first-order valence-electron chi connectivity index (χ1n) is 6.36. The van der Waals surface area contributed by atoms with E-state index in [9.17, 15) is 4.79 Å². The topological polar surface area (TPSA) is 63.0 Å². The average Bonchev–Trinajstić information content (AvgIpc) is 3.13. The van der Waals surface area contributed by atoms with Crippen LogP contribution in [0.1, 0.15) is 9.75 Å². The Kier molecular flexibility index (Phi) is 4.33. The Morgan fingerprint density at radius 2 is 2.14 bits per heavy atom. The van der Waals surface area contributed by atoms with E-state index in [1.165, 1.54) is 12.0 Å². The van der Waals surface area contributed by atoms with Crippen molar-refractivity contribution >= 4 is 48.9 Å². The van der Waals surface area contributed by atoms with Gasteiger partial charge in [0.1, 0.15) is 0 Å². The fourth-order valence-corrected chi connectivity index (χ4v) is 4.05. The second-order valence-corrected chi connectivity index (χ2v) is 6.77. The second-order valence-electron chi connectivity index (χ2n) is 4.41. The number of nitrogens with one attached hydrogen (secondary N) is 1. The second kappa shape index (κ2) is 6.39. The van der Waals surface area contributed by atoms with E-state index >= 15 is 0 Å². The first-order chi connectivity index (χ1) is 10.3. The van der Waals surface area contributed by atoms with Crippen LogP contribution < -0.4 is 5.32 Å². The van der Waals surface area contributed by atoms with E-state index in [4.69, 9.17) is 0 Å². The number of hydrogen-bond donors (Lipinski definition) is 1. The molecule has 0 saturated carbocycles. The summed E-state index contributed by atoms with van der Waals surface area (Å²) in [5, 5.41) is 3.39. The Morgan fingerprint density at radius 3 is 3.00 bits per heavy atom. The van der Waals surface area contributed by atoms with Gasteiger partial charge in [-0.05, 0) is 0 Å². The quantitative estimate of drug-likeness (QED) is 0.556. The normalized spacial score (nSPS) is 11.9. The third-order valence-electron chi connectivity index (χ3n) is 3.00. The van der Waals surface area contributed by atoms with E-state index in [2.05, 4.69) is 18.0 Å². The SMILES string of the molecule is COC(=O)Cc1ccc(CNc2cccc3c2N=[Se]=N3)s1. The fourth-order valence-electron chi connectivity index (χ4n) is 1.96. The first-order valence-corrected chi connectivity index (χ1v) is 8.70. The molecule has 1 aliphatic heterocycles. The molecule has 0 atom stereocenters. The number of hydrogen-bond acceptors (Lipinski definition) is 6. The first kappa shape index (κ1) is 14.3. The predicted octanol–water partition coefficient (Wildman–Crippen LogP) is 3.42. The molecule has 3 rings (SSSR count). The van der Waals surface area contributed by atoms with Crippen LogP contribution in [0, 0.1) is 0 Å². The zero-order chi connectivity index (χ0) is 14.7. The molecule has 0 bridgehead atoms. The Morgan fingerprint density at radius 1 is 1.29 bits per heavy atom. The van der Waals surface area contributed by atoms with Crippen molar-refractivity contribution in [3.63, 3.8) is 0 Å². The molecule has 2 aromatic rings. The number of benzene rings is 1. The summed E-state index contributed by atoms with van der Waals surface area (Å²) in [6.07, 6.45) is 0.332. The number of esters is 1. The van der Waals surface area contributed by atoms with Gasteiger partial charge in [-0.15, -0.1) is 0 Å². The maximum absolute atomic E-state index is 11.2. The van der Waals surface area contributed by atoms with Crippen molar-refractivity contribution in [3.8, 4) is 0 Å². The number of carbonyl (C=O) groups is 1. The zero-order valence-corrected chi connectivity index (χ0v) is 13.9. The molecule has 0 spiro atoms. The van der Waals surface area contributed by atoms with Crippen LogP contribution in [-0.2, 0) is 22.5 Å². The van der Waals surface area contributed by atoms with Crippen LogP contribution >= 0.6 is 11.3 Å². The maximum atomic E-state index is 11.2. The standard InChI is InChI=1S/C14H13N3O2SSe/c1-19-13(18)7-9-5-6-10(20-9)8-15-11-3-2-4-12-14(11)17-21-16-12/h2-6,15H,7-8H2,1H3. The third-order valence-corrected chi connectivity index (χ3v) is 5.23. The molecule has 5 nitrogen and oxygen atoms in total. The number of anilines is 1. The zero-order valence-electron chi connectivity index (χ0n) is 11.3. The monoisotopic (exact) mass is 367 g/mol. The van der Waals surface area contributed by atoms with E-state index in [0.717, 1.165) is 21.9 Å². The van der Waals surface area contributed by atoms with E-state index in [0.29, 0.717) is 13.0 Å². The molecule has 1 aromatic heterocycles. The van der Waals surface area contributed by atoms with Crippen LogP contribution in [0.3, 0.4) is 0 Å². The van der Waals surface area contributed by atoms with Gasteiger partial charge >= 0.3 is 132 Å². The molecular weight excluding hydrogens is 353 g/mol. The molecule has 1 N–H and O–H groups in total. The number of nitrogens with zero attached hydrogens (tertiary/aromatic N) is 2. The van der Waals surface area contributed by atoms with Crippen LogP contribution in [0.25, 0.3) is 0 Å². The summed E-state index contributed by atoms with van der Waals surface area (Å²) in [5.74, 6) is -0.208. The number of rotatable bonds is 5. The summed E-state index contributed by atoms with van der Waals surface area (Å²) in [6, 6.07) is 9.99. The molecule has 0 unspecified atom stereocenters. The summed E-state index contributed by atoms with van der Waals surface area (Å²) in [4.78, 5) is 13.4. The number of methoxy groups -OCH3 is 1. The fraction of sp³-hybridized carbons (Fsp3) is 0.214. The molecule has 7 heteroatoms. The van der Waals surface area contributed by atoms with E-state index in [1.54, 1.807) is 11.3 Å². The number of fused-ring (bicyclic) bond motifs is 1. The summed E-state index contributed by atoms with van der Waals surface area (Å²) in [6.45, 7) is 0.713. The van der Waals surface area contributed by atoms with Crippen LogP contribution in [0.2, 0.25) is 0 Å². The van der Waals surface area contributed by atoms with Crippen LogP contribution in [-0.4, -0.2) is 27.6 Å². The van der Waals surface area contributed by atoms with Gasteiger partial charge in [0.15, 0.2) is 0 Å². The van der Waals surface area contributed by atoms with Gasteiger partial charge in [0.25, 0.3) is 0 Å². The van der Waals surface area contributed by atoms with Crippen LogP contribution in [0.4, 0.5) is 17.1 Å². The Balaban J connectivity index is 1.65. The molecule has 21 heavy (non-hydrogen) atoms. The van der Waals surface area contributed by atoms with Gasteiger partial charge in [-0.2, -0.15) is 0 Å². The van der Waals surface area contributed by atoms with Crippen molar-refractivity contribution in [1.29, 1.82) is 0 Å². The average molecular weight is 366 g/mol. The summed E-state index contributed by atoms with van der Waals surface area (Å²) < 4.78 is 13.5. The van der Waals surface area contributed by atoms with Gasteiger partial charge in [0.2, 0.25) is 0 Å². The van der Waals surface area contributed by atoms with E-state index in [-0.39, 0.29) is 20.5 Å². The molecule has 1 aromatic carbocycles. The van der Waals surface area contributed by atoms with Crippen molar-refractivity contribution in [2.75, 3.05) is 12.4 Å². The molecule has 0 aliphatic carbocycles. The van der Waals surface area contributed by atoms with Gasteiger partial charge in [-0.1, -0.05) is 0 Å². The van der Waals surface area contributed by atoms with Crippen molar-refractivity contribution in [2.24, 2.45) is 7.92 Å². The van der Waals surface area contributed by atoms with Crippen LogP contribution in [0.5, 0.6) is 0 Å². The number of carbonyl (C=O) groups excluding carboxylic acids is 1. The molecule has 0 saturated heterocycles. The number of thiophene rings is 1. The Hall–Kier alpha value is -1.69. The van der Waals surface area contributed by atoms with Crippen molar-refractivity contribution in [3.05, 3.63) is 40.1 Å². The van der Waals surface area contributed by atoms with Crippen LogP contribution in [0.15, 0.2) is 38.3 Å². The minimum absolute atomic E-state index is 0.0171. The predicted molar refractivity (Wildman–Crippen MR) is 83.7 cm³/mol. The van der Waals surface area contributed by atoms with Gasteiger partial charge in [0.05, 0.1) is 0 Å². The number of ether oxygens (including phenoxy) is 1. The van der Waals surface area contributed by atoms with Gasteiger partial charge in [-0.25, -0.2) is 0 Å². The Labute approximate surface area is 132 Å². The molecule has 0 amide bonds.